The molecule has 0 atom stereocenters. The van der Waals surface area contributed by atoms with Crippen molar-refractivity contribution in [3.8, 4) is 11.4 Å². The smallest absolute Gasteiger partial charge is 0.226 e. The summed E-state index contributed by atoms with van der Waals surface area (Å²) < 4.78 is 3.50. The van der Waals surface area contributed by atoms with Crippen LogP contribution in [0.15, 0.2) is 55.0 Å². The molecule has 0 spiro atoms. The first-order chi connectivity index (χ1) is 11.3. The Labute approximate surface area is 135 Å². The van der Waals surface area contributed by atoms with E-state index >= 15 is 0 Å². The zero-order valence-electron chi connectivity index (χ0n) is 11.8. The summed E-state index contributed by atoms with van der Waals surface area (Å²) in [5.74, 6) is 0.593. The Morgan fingerprint density at radius 2 is 1.91 bits per heavy atom. The summed E-state index contributed by atoms with van der Waals surface area (Å²) in [5.41, 5.74) is 3.22. The second-order valence-corrected chi connectivity index (χ2v) is 5.51. The minimum atomic E-state index is 0.291. The molecule has 6 nitrogen and oxygen atoms in total. The van der Waals surface area contributed by atoms with Crippen molar-refractivity contribution in [1.82, 2.24) is 29.0 Å². The first kappa shape index (κ1) is 12.5. The molecule has 0 amide bonds. The van der Waals surface area contributed by atoms with E-state index in [1.54, 1.807) is 10.7 Å². The summed E-state index contributed by atoms with van der Waals surface area (Å²) in [4.78, 5) is 13.3. The highest BCUT2D eigenvalue weighted by molar-refractivity contribution is 6.29. The van der Waals surface area contributed by atoms with Crippen molar-refractivity contribution in [2.45, 2.75) is 0 Å². The van der Waals surface area contributed by atoms with Crippen molar-refractivity contribution < 1.29 is 0 Å². The van der Waals surface area contributed by atoms with Crippen molar-refractivity contribution in [2.75, 3.05) is 0 Å². The summed E-state index contributed by atoms with van der Waals surface area (Å²) in [6.07, 6.45) is 5.58. The lowest BCUT2D eigenvalue weighted by molar-refractivity contribution is 0.939. The second kappa shape index (κ2) is 4.50. The van der Waals surface area contributed by atoms with Gasteiger partial charge in [-0.1, -0.05) is 12.1 Å². The van der Waals surface area contributed by atoms with E-state index in [0.29, 0.717) is 16.8 Å². The van der Waals surface area contributed by atoms with Gasteiger partial charge in [0.1, 0.15) is 5.65 Å². The maximum Gasteiger partial charge on any atom is 0.226 e. The molecule has 0 unspecified atom stereocenters. The first-order valence-electron chi connectivity index (χ1n) is 7.04. The Balaban J connectivity index is 1.82. The molecule has 23 heavy (non-hydrogen) atoms. The number of halogens is 1. The minimum absolute atomic E-state index is 0.291. The topological polar surface area (TPSA) is 60.4 Å². The number of hydrogen-bond acceptors (Lipinski definition) is 4. The molecule has 4 aromatic heterocycles. The van der Waals surface area contributed by atoms with E-state index in [1.165, 1.54) is 0 Å². The average Bonchev–Trinajstić information content (AvgIpc) is 3.21. The Bertz CT molecular complexity index is 1190. The highest BCUT2D eigenvalue weighted by Gasteiger charge is 2.13. The van der Waals surface area contributed by atoms with Gasteiger partial charge < -0.3 is 4.40 Å². The van der Waals surface area contributed by atoms with Gasteiger partial charge in [-0.15, -0.1) is 5.10 Å². The Kier molecular flexibility index (Phi) is 2.46. The van der Waals surface area contributed by atoms with E-state index in [2.05, 4.69) is 20.1 Å². The number of fused-ring (bicyclic) bond motifs is 4. The normalized spacial score (nSPS) is 11.7. The predicted molar refractivity (Wildman–Crippen MR) is 87.5 cm³/mol. The van der Waals surface area contributed by atoms with Gasteiger partial charge in [-0.05, 0) is 35.9 Å². The standard InChI is InChI=1S/C16H9ClN6/c17-16-19-12-4-2-1-3-11(12)15-20-14(21-23(15)16)10-5-7-22-8-6-18-13(22)9-10/h1-9H. The Morgan fingerprint density at radius 1 is 1.00 bits per heavy atom. The molecule has 0 bridgehead atoms. The molecule has 1 aromatic carbocycles. The number of benzene rings is 1. The van der Waals surface area contributed by atoms with Crippen LogP contribution in [-0.4, -0.2) is 29.0 Å². The predicted octanol–water partition coefficient (Wildman–Crippen LogP) is 3.25. The molecule has 0 saturated heterocycles. The molecule has 0 aliphatic rings. The van der Waals surface area contributed by atoms with Crippen LogP contribution in [0.4, 0.5) is 0 Å². The monoisotopic (exact) mass is 320 g/mol. The molecular formula is C16H9ClN6. The maximum absolute atomic E-state index is 6.25. The van der Waals surface area contributed by atoms with Crippen molar-refractivity contribution in [1.29, 1.82) is 0 Å². The molecule has 0 saturated carbocycles. The van der Waals surface area contributed by atoms with Crippen molar-refractivity contribution >= 4 is 33.8 Å². The number of rotatable bonds is 1. The fraction of sp³-hybridized carbons (Fsp3) is 0. The second-order valence-electron chi connectivity index (χ2n) is 5.18. The molecular weight excluding hydrogens is 312 g/mol. The van der Waals surface area contributed by atoms with E-state index in [-0.39, 0.29) is 0 Å². The number of aromatic nitrogens is 6. The zero-order valence-corrected chi connectivity index (χ0v) is 12.5. The third kappa shape index (κ3) is 1.82. The summed E-state index contributed by atoms with van der Waals surface area (Å²) >= 11 is 6.25. The quantitative estimate of drug-likeness (QED) is 0.445. The third-order valence-corrected chi connectivity index (χ3v) is 4.04. The fourth-order valence-corrected chi connectivity index (χ4v) is 2.90. The highest BCUT2D eigenvalue weighted by atomic mass is 35.5. The van der Waals surface area contributed by atoms with Gasteiger partial charge in [-0.3, -0.25) is 0 Å². The largest absolute Gasteiger partial charge is 0.307 e. The van der Waals surface area contributed by atoms with Crippen molar-refractivity contribution in [3.05, 3.63) is 60.3 Å². The molecule has 0 fully saturated rings. The Hall–Kier alpha value is -2.99. The molecule has 0 radical (unpaired) electrons. The number of hydrogen-bond donors (Lipinski definition) is 0. The van der Waals surface area contributed by atoms with Crippen LogP contribution in [0.2, 0.25) is 5.28 Å². The lowest BCUT2D eigenvalue weighted by atomic mass is 10.2. The summed E-state index contributed by atoms with van der Waals surface area (Å²) in [5, 5.41) is 5.70. The summed E-state index contributed by atoms with van der Waals surface area (Å²) in [7, 11) is 0. The number of nitrogens with zero attached hydrogens (tertiary/aromatic N) is 6. The lowest BCUT2D eigenvalue weighted by Crippen LogP contribution is -1.94. The molecule has 4 heterocycles. The fourth-order valence-electron chi connectivity index (χ4n) is 2.69. The van der Waals surface area contributed by atoms with E-state index < -0.39 is 0 Å². The molecule has 0 aliphatic carbocycles. The first-order valence-corrected chi connectivity index (χ1v) is 7.41. The molecule has 7 heteroatoms. The lowest BCUT2D eigenvalue weighted by Gasteiger charge is -1.99. The molecule has 0 aliphatic heterocycles. The van der Waals surface area contributed by atoms with Crippen LogP contribution < -0.4 is 0 Å². The van der Waals surface area contributed by atoms with Crippen LogP contribution in [0, 0.1) is 0 Å². The number of imidazole rings is 1. The molecule has 5 aromatic rings. The summed E-state index contributed by atoms with van der Waals surface area (Å²) in [6, 6.07) is 11.6. The van der Waals surface area contributed by atoms with Crippen LogP contribution in [0.1, 0.15) is 0 Å². The third-order valence-electron chi connectivity index (χ3n) is 3.80. The van der Waals surface area contributed by atoms with E-state index in [1.807, 2.05) is 53.2 Å². The summed E-state index contributed by atoms with van der Waals surface area (Å²) in [6.45, 7) is 0. The van der Waals surface area contributed by atoms with Gasteiger partial charge in [-0.25, -0.2) is 15.0 Å². The molecule has 5 rings (SSSR count). The van der Waals surface area contributed by atoms with Gasteiger partial charge >= 0.3 is 0 Å². The van der Waals surface area contributed by atoms with Gasteiger partial charge in [0.2, 0.25) is 5.28 Å². The van der Waals surface area contributed by atoms with Gasteiger partial charge in [-0.2, -0.15) is 4.52 Å². The maximum atomic E-state index is 6.25. The van der Waals surface area contributed by atoms with Crippen LogP contribution >= 0.6 is 11.6 Å². The highest BCUT2D eigenvalue weighted by Crippen LogP contribution is 2.24. The Morgan fingerprint density at radius 3 is 2.87 bits per heavy atom. The number of pyridine rings is 1. The van der Waals surface area contributed by atoms with Gasteiger partial charge in [0.05, 0.1) is 5.52 Å². The van der Waals surface area contributed by atoms with Crippen LogP contribution in [0.3, 0.4) is 0 Å². The average molecular weight is 321 g/mol. The van der Waals surface area contributed by atoms with Crippen molar-refractivity contribution in [2.24, 2.45) is 0 Å². The van der Waals surface area contributed by atoms with Crippen LogP contribution in [-0.2, 0) is 0 Å². The zero-order chi connectivity index (χ0) is 15.4. The van der Waals surface area contributed by atoms with Gasteiger partial charge in [0.15, 0.2) is 11.5 Å². The van der Waals surface area contributed by atoms with Crippen LogP contribution in [0.5, 0.6) is 0 Å². The van der Waals surface area contributed by atoms with Gasteiger partial charge in [0, 0.05) is 29.5 Å². The molecule has 110 valence electrons. The SMILES string of the molecule is Clc1nc2ccccc2c2nc(-c3ccn4ccnc4c3)nn12. The van der Waals surface area contributed by atoms with Crippen LogP contribution in [0.25, 0.3) is 33.6 Å². The van der Waals surface area contributed by atoms with E-state index in [9.17, 15) is 0 Å². The van der Waals surface area contributed by atoms with E-state index in [0.717, 1.165) is 22.1 Å². The number of para-hydroxylation sites is 1. The van der Waals surface area contributed by atoms with Gasteiger partial charge in [0.25, 0.3) is 0 Å². The van der Waals surface area contributed by atoms with Crippen molar-refractivity contribution in [3.63, 3.8) is 0 Å². The molecule has 0 N–H and O–H groups in total. The van der Waals surface area contributed by atoms with E-state index in [4.69, 9.17) is 11.6 Å². The minimum Gasteiger partial charge on any atom is -0.307 e.